The topological polar surface area (TPSA) is 111 Å². The number of benzene rings is 1. The highest BCUT2D eigenvalue weighted by Crippen LogP contribution is 2.21. The van der Waals surface area contributed by atoms with Crippen LogP contribution in [0.25, 0.3) is 0 Å². The van der Waals surface area contributed by atoms with Gasteiger partial charge in [-0.1, -0.05) is 6.07 Å². The number of anilines is 1. The number of amides is 1. The van der Waals surface area contributed by atoms with Crippen LogP contribution >= 0.6 is 0 Å². The molecule has 0 spiro atoms. The standard InChI is InChI=1S/C15H16N4O3/c1-10-2-3-11(9-18-10)6-7-17-14-5-4-12(19(21)22)8-13(14)15(16)20/h2-5,8-9,17H,6-7H2,1H3,(H2,16,20). The van der Waals surface area contributed by atoms with E-state index < -0.39 is 10.8 Å². The Kier molecular flexibility index (Phi) is 4.67. The Morgan fingerprint density at radius 1 is 1.36 bits per heavy atom. The lowest BCUT2D eigenvalue weighted by molar-refractivity contribution is -0.384. The summed E-state index contributed by atoms with van der Waals surface area (Å²) in [6, 6.07) is 7.91. The summed E-state index contributed by atoms with van der Waals surface area (Å²) < 4.78 is 0. The highest BCUT2D eigenvalue weighted by Gasteiger charge is 2.14. The predicted molar refractivity (Wildman–Crippen MR) is 82.8 cm³/mol. The van der Waals surface area contributed by atoms with Crippen molar-refractivity contribution in [1.82, 2.24) is 4.98 Å². The summed E-state index contributed by atoms with van der Waals surface area (Å²) >= 11 is 0. The Morgan fingerprint density at radius 3 is 2.73 bits per heavy atom. The minimum Gasteiger partial charge on any atom is -0.384 e. The largest absolute Gasteiger partial charge is 0.384 e. The van der Waals surface area contributed by atoms with Crippen molar-refractivity contribution in [3.63, 3.8) is 0 Å². The minimum atomic E-state index is -0.705. The lowest BCUT2D eigenvalue weighted by Crippen LogP contribution is -2.16. The van der Waals surface area contributed by atoms with E-state index in [2.05, 4.69) is 10.3 Å². The Morgan fingerprint density at radius 2 is 2.14 bits per heavy atom. The maximum Gasteiger partial charge on any atom is 0.270 e. The molecule has 0 aliphatic carbocycles. The number of carbonyl (C=O) groups excluding carboxylic acids is 1. The number of aryl methyl sites for hydroxylation is 1. The number of hydrogen-bond donors (Lipinski definition) is 2. The highest BCUT2D eigenvalue weighted by molar-refractivity contribution is 5.99. The van der Waals surface area contributed by atoms with Crippen LogP contribution in [0.4, 0.5) is 11.4 Å². The number of non-ortho nitro benzene ring substituents is 1. The van der Waals surface area contributed by atoms with Crippen molar-refractivity contribution in [2.45, 2.75) is 13.3 Å². The van der Waals surface area contributed by atoms with Gasteiger partial charge in [0.05, 0.1) is 10.5 Å². The smallest absolute Gasteiger partial charge is 0.270 e. The second kappa shape index (κ2) is 6.66. The zero-order valence-electron chi connectivity index (χ0n) is 12.1. The molecule has 0 saturated heterocycles. The molecule has 0 aliphatic rings. The Hall–Kier alpha value is -2.96. The van der Waals surface area contributed by atoms with E-state index in [0.717, 1.165) is 11.3 Å². The third kappa shape index (κ3) is 3.78. The molecule has 114 valence electrons. The molecule has 0 unspecified atom stereocenters. The molecular formula is C15H16N4O3. The normalized spacial score (nSPS) is 10.2. The van der Waals surface area contributed by atoms with Gasteiger partial charge in [-0.3, -0.25) is 19.9 Å². The molecule has 7 heteroatoms. The van der Waals surface area contributed by atoms with Crippen molar-refractivity contribution >= 4 is 17.3 Å². The van der Waals surface area contributed by atoms with Crippen LogP contribution in [0.3, 0.4) is 0 Å². The lowest BCUT2D eigenvalue weighted by Gasteiger charge is -2.10. The maximum absolute atomic E-state index is 11.4. The number of primary amides is 1. The van der Waals surface area contributed by atoms with Crippen LogP contribution in [0.15, 0.2) is 36.5 Å². The van der Waals surface area contributed by atoms with E-state index in [1.807, 2.05) is 19.1 Å². The van der Waals surface area contributed by atoms with Crippen molar-refractivity contribution in [2.24, 2.45) is 5.73 Å². The fourth-order valence-electron chi connectivity index (χ4n) is 1.99. The Labute approximate surface area is 127 Å². The average Bonchev–Trinajstić information content (AvgIpc) is 2.49. The van der Waals surface area contributed by atoms with Gasteiger partial charge in [-0.25, -0.2) is 0 Å². The number of nitrogens with zero attached hydrogens (tertiary/aromatic N) is 2. The Bertz CT molecular complexity index is 698. The first-order valence-electron chi connectivity index (χ1n) is 6.71. The van der Waals surface area contributed by atoms with Crippen LogP contribution in [0.1, 0.15) is 21.6 Å². The molecule has 1 aromatic carbocycles. The van der Waals surface area contributed by atoms with Crippen molar-refractivity contribution in [1.29, 1.82) is 0 Å². The van der Waals surface area contributed by atoms with Crippen LogP contribution in [0.2, 0.25) is 0 Å². The molecule has 3 N–H and O–H groups in total. The minimum absolute atomic E-state index is 0.108. The number of pyridine rings is 1. The molecule has 0 atom stereocenters. The second-order valence-electron chi connectivity index (χ2n) is 4.84. The molecule has 1 amide bonds. The summed E-state index contributed by atoms with van der Waals surface area (Å²) in [4.78, 5) is 25.8. The number of nitrogens with one attached hydrogen (secondary N) is 1. The first-order chi connectivity index (χ1) is 10.5. The predicted octanol–water partition coefficient (Wildman–Crippen LogP) is 2.05. The van der Waals surface area contributed by atoms with Crippen LogP contribution in [0, 0.1) is 17.0 Å². The molecule has 1 aromatic heterocycles. The van der Waals surface area contributed by atoms with Gasteiger partial charge < -0.3 is 11.1 Å². The van der Waals surface area contributed by atoms with Crippen molar-refractivity contribution in [3.8, 4) is 0 Å². The van der Waals surface area contributed by atoms with E-state index in [4.69, 9.17) is 5.73 Å². The second-order valence-corrected chi connectivity index (χ2v) is 4.84. The molecule has 2 rings (SSSR count). The van der Waals surface area contributed by atoms with Gasteiger partial charge in [0.1, 0.15) is 0 Å². The fraction of sp³-hybridized carbons (Fsp3) is 0.200. The number of nitrogens with two attached hydrogens (primary N) is 1. The molecule has 1 heterocycles. The van der Waals surface area contributed by atoms with E-state index in [0.29, 0.717) is 18.7 Å². The highest BCUT2D eigenvalue weighted by atomic mass is 16.6. The summed E-state index contributed by atoms with van der Waals surface area (Å²) in [5.74, 6) is -0.705. The van der Waals surface area contributed by atoms with Gasteiger partial charge in [0.2, 0.25) is 0 Å². The van der Waals surface area contributed by atoms with E-state index in [1.165, 1.54) is 18.2 Å². The molecular weight excluding hydrogens is 284 g/mol. The summed E-state index contributed by atoms with van der Waals surface area (Å²) in [6.45, 7) is 2.47. The van der Waals surface area contributed by atoms with Gasteiger partial charge in [0.15, 0.2) is 0 Å². The molecule has 2 aromatic rings. The molecule has 0 radical (unpaired) electrons. The van der Waals surface area contributed by atoms with E-state index >= 15 is 0 Å². The number of carbonyl (C=O) groups is 1. The third-order valence-corrected chi connectivity index (χ3v) is 3.18. The van der Waals surface area contributed by atoms with Gasteiger partial charge in [-0.05, 0) is 31.0 Å². The Balaban J connectivity index is 2.07. The summed E-state index contributed by atoms with van der Waals surface area (Å²) in [5, 5.41) is 13.8. The average molecular weight is 300 g/mol. The number of rotatable bonds is 6. The molecule has 0 bridgehead atoms. The molecule has 0 fully saturated rings. The number of nitro groups is 1. The zero-order chi connectivity index (χ0) is 16.1. The SMILES string of the molecule is Cc1ccc(CCNc2ccc([N+](=O)[O-])cc2C(N)=O)cn1. The first-order valence-corrected chi connectivity index (χ1v) is 6.71. The van der Waals surface area contributed by atoms with Crippen LogP contribution < -0.4 is 11.1 Å². The quantitative estimate of drug-likeness (QED) is 0.626. The van der Waals surface area contributed by atoms with Crippen molar-refractivity contribution in [2.75, 3.05) is 11.9 Å². The van der Waals surface area contributed by atoms with E-state index in [-0.39, 0.29) is 11.3 Å². The first kappa shape index (κ1) is 15.4. The van der Waals surface area contributed by atoms with Gasteiger partial charge in [-0.15, -0.1) is 0 Å². The van der Waals surface area contributed by atoms with Gasteiger partial charge in [0.25, 0.3) is 11.6 Å². The number of hydrogen-bond acceptors (Lipinski definition) is 5. The molecule has 22 heavy (non-hydrogen) atoms. The maximum atomic E-state index is 11.4. The summed E-state index contributed by atoms with van der Waals surface area (Å²) in [5.41, 5.74) is 7.70. The fourth-order valence-corrected chi connectivity index (χ4v) is 1.99. The number of nitro benzene ring substituents is 1. The molecule has 0 aliphatic heterocycles. The monoisotopic (exact) mass is 300 g/mol. The van der Waals surface area contributed by atoms with Gasteiger partial charge in [0, 0.05) is 36.3 Å². The van der Waals surface area contributed by atoms with Crippen molar-refractivity contribution in [3.05, 3.63) is 63.5 Å². The van der Waals surface area contributed by atoms with Crippen molar-refractivity contribution < 1.29 is 9.72 Å². The van der Waals surface area contributed by atoms with E-state index in [1.54, 1.807) is 6.20 Å². The molecule has 7 nitrogen and oxygen atoms in total. The summed E-state index contributed by atoms with van der Waals surface area (Å²) in [7, 11) is 0. The van der Waals surface area contributed by atoms with E-state index in [9.17, 15) is 14.9 Å². The molecule has 0 saturated carbocycles. The van der Waals surface area contributed by atoms with Crippen LogP contribution in [-0.4, -0.2) is 22.4 Å². The summed E-state index contributed by atoms with van der Waals surface area (Å²) in [6.07, 6.45) is 2.50. The number of aromatic nitrogens is 1. The van der Waals surface area contributed by atoms with Gasteiger partial charge in [-0.2, -0.15) is 0 Å². The lowest BCUT2D eigenvalue weighted by atomic mass is 10.1. The van der Waals surface area contributed by atoms with Crippen LogP contribution in [-0.2, 0) is 6.42 Å². The van der Waals surface area contributed by atoms with Crippen LogP contribution in [0.5, 0.6) is 0 Å². The van der Waals surface area contributed by atoms with Gasteiger partial charge >= 0.3 is 0 Å². The zero-order valence-corrected chi connectivity index (χ0v) is 12.1. The third-order valence-electron chi connectivity index (χ3n) is 3.18.